The summed E-state index contributed by atoms with van der Waals surface area (Å²) in [4.78, 5) is 20.4. The van der Waals surface area contributed by atoms with Gasteiger partial charge < -0.3 is 9.72 Å². The summed E-state index contributed by atoms with van der Waals surface area (Å²) in [6, 6.07) is 4.25. The van der Waals surface area contributed by atoms with Crippen LogP contribution >= 0.6 is 10.7 Å². The maximum absolute atomic E-state index is 13.0. The molecule has 0 bridgehead atoms. The molecule has 160 valence electrons. The summed E-state index contributed by atoms with van der Waals surface area (Å²) < 4.78 is 31.0. The zero-order chi connectivity index (χ0) is 21.5. The number of fused-ring (bicyclic) bond motifs is 1. The third-order valence-electron chi connectivity index (χ3n) is 5.44. The number of nitrogens with one attached hydrogen (secondary N) is 1. The Kier molecular flexibility index (Phi) is 5.59. The molecular formula is C20H23ClN4O4S. The number of H-pyrrole nitrogens is 1. The minimum absolute atomic E-state index is 0.0961. The highest BCUT2D eigenvalue weighted by Gasteiger charge is 2.26. The van der Waals surface area contributed by atoms with E-state index in [0.29, 0.717) is 35.6 Å². The number of aromatic amines is 1. The van der Waals surface area contributed by atoms with Gasteiger partial charge in [-0.3, -0.25) is 4.79 Å². The van der Waals surface area contributed by atoms with Crippen LogP contribution < -0.4 is 10.3 Å². The summed E-state index contributed by atoms with van der Waals surface area (Å²) in [5.74, 6) is 1.64. The summed E-state index contributed by atoms with van der Waals surface area (Å²) in [5, 5.41) is 4.67. The number of imidazole rings is 1. The Bertz CT molecular complexity index is 1260. The first-order valence-electron chi connectivity index (χ1n) is 10.1. The Morgan fingerprint density at radius 3 is 2.63 bits per heavy atom. The van der Waals surface area contributed by atoms with Gasteiger partial charge in [0.1, 0.15) is 11.6 Å². The summed E-state index contributed by atoms with van der Waals surface area (Å²) in [5.41, 5.74) is 1.17. The van der Waals surface area contributed by atoms with E-state index in [0.717, 1.165) is 31.5 Å². The number of nitrogens with zero attached hydrogens (tertiary/aromatic N) is 3. The van der Waals surface area contributed by atoms with Crippen molar-refractivity contribution in [3.8, 4) is 17.1 Å². The summed E-state index contributed by atoms with van der Waals surface area (Å²) in [7, 11) is 1.57. The molecule has 1 aromatic carbocycles. The fourth-order valence-electron chi connectivity index (χ4n) is 4.04. The standard InChI is InChI=1S/C20H23ClN4O4S/c1-3-15-17-20(26)23-18(24-25(17)19(22-15)12-7-5-6-8-12)14-11-13(30(21,27)28)9-10-16(14)29-4-2/h9-12H,3-8H2,1-2H3,(H,23,24,26). The Balaban J connectivity index is 1.98. The van der Waals surface area contributed by atoms with Crippen molar-refractivity contribution in [3.05, 3.63) is 40.1 Å². The number of ether oxygens (including phenoxy) is 1. The quantitative estimate of drug-likeness (QED) is 0.574. The van der Waals surface area contributed by atoms with E-state index in [1.54, 1.807) is 4.52 Å². The molecule has 1 N–H and O–H groups in total. The monoisotopic (exact) mass is 450 g/mol. The fraction of sp³-hybridized carbons (Fsp3) is 0.450. The highest BCUT2D eigenvalue weighted by molar-refractivity contribution is 8.13. The fourth-order valence-corrected chi connectivity index (χ4v) is 4.82. The zero-order valence-corrected chi connectivity index (χ0v) is 18.4. The molecule has 1 aliphatic rings. The number of rotatable bonds is 6. The largest absolute Gasteiger partial charge is 0.493 e. The highest BCUT2D eigenvalue weighted by Crippen LogP contribution is 2.35. The molecule has 2 aromatic heterocycles. The molecule has 0 radical (unpaired) electrons. The van der Waals surface area contributed by atoms with Crippen molar-refractivity contribution >= 4 is 25.2 Å². The van der Waals surface area contributed by atoms with Gasteiger partial charge in [0.15, 0.2) is 11.3 Å². The summed E-state index contributed by atoms with van der Waals surface area (Å²) >= 11 is 0. The first-order valence-corrected chi connectivity index (χ1v) is 12.4. The van der Waals surface area contributed by atoms with Crippen molar-refractivity contribution in [1.82, 2.24) is 19.6 Å². The second-order valence-electron chi connectivity index (χ2n) is 7.34. The van der Waals surface area contributed by atoms with Gasteiger partial charge in [-0.15, -0.1) is 5.10 Å². The van der Waals surface area contributed by atoms with Gasteiger partial charge in [-0.2, -0.15) is 0 Å². The van der Waals surface area contributed by atoms with E-state index in [9.17, 15) is 13.2 Å². The van der Waals surface area contributed by atoms with E-state index in [1.807, 2.05) is 13.8 Å². The molecule has 10 heteroatoms. The van der Waals surface area contributed by atoms with E-state index in [-0.39, 0.29) is 22.2 Å². The number of halogens is 1. The number of aryl methyl sites for hydroxylation is 1. The topological polar surface area (TPSA) is 106 Å². The molecule has 0 atom stereocenters. The summed E-state index contributed by atoms with van der Waals surface area (Å²) in [6.45, 7) is 4.14. The van der Waals surface area contributed by atoms with Gasteiger partial charge in [-0.25, -0.2) is 17.9 Å². The summed E-state index contributed by atoms with van der Waals surface area (Å²) in [6.07, 6.45) is 4.89. The van der Waals surface area contributed by atoms with Crippen LogP contribution in [0.5, 0.6) is 5.75 Å². The van der Waals surface area contributed by atoms with Gasteiger partial charge in [0, 0.05) is 16.6 Å². The average molecular weight is 451 g/mol. The SMILES string of the molecule is CCOc1ccc(S(=O)(=O)Cl)cc1-c1nn2c(C3CCCC3)nc(CC)c2c(=O)[nH]1. The molecule has 0 aliphatic heterocycles. The lowest BCUT2D eigenvalue weighted by molar-refractivity contribution is 0.341. The van der Waals surface area contributed by atoms with E-state index in [4.69, 9.17) is 20.4 Å². The maximum Gasteiger partial charge on any atom is 0.277 e. The molecule has 3 aromatic rings. The van der Waals surface area contributed by atoms with Crippen molar-refractivity contribution < 1.29 is 13.2 Å². The molecule has 30 heavy (non-hydrogen) atoms. The van der Waals surface area contributed by atoms with Gasteiger partial charge in [-0.1, -0.05) is 19.8 Å². The van der Waals surface area contributed by atoms with Gasteiger partial charge >= 0.3 is 0 Å². The number of hydrogen-bond donors (Lipinski definition) is 1. The lowest BCUT2D eigenvalue weighted by atomic mass is 10.1. The molecule has 1 fully saturated rings. The smallest absolute Gasteiger partial charge is 0.277 e. The predicted octanol–water partition coefficient (Wildman–Crippen LogP) is 3.63. The number of benzene rings is 1. The lowest BCUT2D eigenvalue weighted by Gasteiger charge is -2.12. The minimum atomic E-state index is -3.96. The van der Waals surface area contributed by atoms with Crippen LogP contribution in [0.3, 0.4) is 0 Å². The van der Waals surface area contributed by atoms with Gasteiger partial charge in [0.25, 0.3) is 14.6 Å². The van der Waals surface area contributed by atoms with Gasteiger partial charge in [-0.05, 0) is 44.4 Å². The average Bonchev–Trinajstić information content (AvgIpc) is 3.35. The Morgan fingerprint density at radius 1 is 1.27 bits per heavy atom. The number of aromatic nitrogens is 4. The van der Waals surface area contributed by atoms with Crippen LogP contribution in [0.1, 0.15) is 57.0 Å². The van der Waals surface area contributed by atoms with Crippen LogP contribution in [0.2, 0.25) is 0 Å². The van der Waals surface area contributed by atoms with Crippen LogP contribution in [-0.4, -0.2) is 34.6 Å². The van der Waals surface area contributed by atoms with Gasteiger partial charge in [0.2, 0.25) is 0 Å². The normalized spacial score (nSPS) is 15.2. The van der Waals surface area contributed by atoms with E-state index in [1.165, 1.54) is 18.2 Å². The van der Waals surface area contributed by atoms with Gasteiger partial charge in [0.05, 0.1) is 22.8 Å². The van der Waals surface area contributed by atoms with E-state index in [2.05, 4.69) is 10.1 Å². The second-order valence-corrected chi connectivity index (χ2v) is 9.91. The number of hydrogen-bond acceptors (Lipinski definition) is 6. The van der Waals surface area contributed by atoms with Crippen molar-refractivity contribution in [3.63, 3.8) is 0 Å². The Hall–Kier alpha value is -2.39. The second kappa shape index (κ2) is 8.03. The van der Waals surface area contributed by atoms with Crippen LogP contribution in [0.15, 0.2) is 27.9 Å². The molecule has 1 saturated carbocycles. The van der Waals surface area contributed by atoms with Crippen LogP contribution in [0.4, 0.5) is 0 Å². The molecule has 4 rings (SSSR count). The molecule has 0 amide bonds. The predicted molar refractivity (Wildman–Crippen MR) is 114 cm³/mol. The van der Waals surface area contributed by atoms with Crippen molar-refractivity contribution in [2.75, 3.05) is 6.61 Å². The van der Waals surface area contributed by atoms with Crippen molar-refractivity contribution in [1.29, 1.82) is 0 Å². The molecule has 2 heterocycles. The highest BCUT2D eigenvalue weighted by atomic mass is 35.7. The third-order valence-corrected chi connectivity index (χ3v) is 6.79. The molecule has 1 aliphatic carbocycles. The molecule has 0 spiro atoms. The van der Waals surface area contributed by atoms with Crippen LogP contribution in [0.25, 0.3) is 16.9 Å². The first kappa shape index (κ1) is 20.9. The Morgan fingerprint density at radius 2 is 2.00 bits per heavy atom. The van der Waals surface area contributed by atoms with Crippen molar-refractivity contribution in [2.45, 2.75) is 56.8 Å². The molecule has 0 unspecified atom stereocenters. The molecule has 8 nitrogen and oxygen atoms in total. The van der Waals surface area contributed by atoms with Crippen molar-refractivity contribution in [2.24, 2.45) is 0 Å². The van der Waals surface area contributed by atoms with Crippen LogP contribution in [0, 0.1) is 0 Å². The van der Waals surface area contributed by atoms with Crippen LogP contribution in [-0.2, 0) is 15.5 Å². The zero-order valence-electron chi connectivity index (χ0n) is 16.8. The Labute approximate surface area is 178 Å². The lowest BCUT2D eigenvalue weighted by Crippen LogP contribution is -2.17. The third kappa shape index (κ3) is 3.72. The molecular weight excluding hydrogens is 428 g/mol. The van der Waals surface area contributed by atoms with E-state index >= 15 is 0 Å². The molecule has 0 saturated heterocycles. The minimum Gasteiger partial charge on any atom is -0.493 e. The van der Waals surface area contributed by atoms with E-state index < -0.39 is 9.05 Å². The maximum atomic E-state index is 13.0. The first-order chi connectivity index (χ1) is 14.3.